The Hall–Kier alpha value is -13.4. The second kappa shape index (κ2) is 21.0. The summed E-state index contributed by atoms with van der Waals surface area (Å²) < 4.78 is 22.1. The van der Waals surface area contributed by atoms with Crippen molar-refractivity contribution in [2.75, 3.05) is 0 Å². The fourth-order valence-electron chi connectivity index (χ4n) is 15.7. The Labute approximate surface area is 558 Å². The summed E-state index contributed by atoms with van der Waals surface area (Å²) in [6, 6.07) is 110. The minimum absolute atomic E-state index is 0.631. The molecule has 0 saturated carbocycles. The first-order valence-electron chi connectivity index (χ1n) is 33.0. The van der Waals surface area contributed by atoms with E-state index in [4.69, 9.17) is 28.8 Å². The van der Waals surface area contributed by atoms with Gasteiger partial charge in [-0.25, -0.2) is 19.9 Å². The molecule has 456 valence electrons. The minimum atomic E-state index is 0.631. The molecule has 0 amide bonds. The van der Waals surface area contributed by atoms with E-state index in [1.165, 1.54) is 27.1 Å². The number of hydrogen-bond acceptors (Lipinski definition) is 6. The monoisotopic (exact) mass is 1250 g/mol. The largest absolute Gasteiger partial charge is 0.456 e. The van der Waals surface area contributed by atoms with Crippen molar-refractivity contribution in [2.45, 2.75) is 0 Å². The van der Waals surface area contributed by atoms with Crippen LogP contribution in [-0.2, 0) is 0 Å². The maximum atomic E-state index is 6.43. The molecule has 0 aliphatic rings. The van der Waals surface area contributed by atoms with Crippen LogP contribution in [0.1, 0.15) is 0 Å². The van der Waals surface area contributed by atoms with Crippen molar-refractivity contribution in [3.8, 4) is 45.8 Å². The van der Waals surface area contributed by atoms with E-state index in [-0.39, 0.29) is 0 Å². The third-order valence-corrected chi connectivity index (χ3v) is 19.8. The van der Waals surface area contributed by atoms with Gasteiger partial charge in [-0.15, -0.1) is 0 Å². The lowest BCUT2D eigenvalue weighted by molar-refractivity contribution is 0.669. The van der Waals surface area contributed by atoms with Crippen LogP contribution in [0.25, 0.3) is 199 Å². The maximum Gasteiger partial charge on any atom is 0.235 e. The standard InChI is InChI=1S/2C44H26N4O/c1-3-13-27(14-4-1)43-30-18-7-10-20-34(30)45-44(46-43)48-35-21-11-8-17-29(35)32-25-33-38(26-37(32)48)47(28-15-5-2-6-16-28)36-23-24-40-42(41(33)36)31-19-9-12-22-39(31)49-40;1-3-13-27(14-4-1)43-30-18-7-10-20-34(30)45-44(46-43)48-36-23-24-40-42(31-19-9-12-22-39(31)49-40)41(36)33-25-32-29-17-8-11-21-35(29)47(37(32)26-38(33)48)28-15-5-2-6-16-28/h2*1-26H. The highest BCUT2D eigenvalue weighted by Crippen LogP contribution is 2.47. The number of para-hydroxylation sites is 8. The number of furan rings is 2. The van der Waals surface area contributed by atoms with Crippen LogP contribution >= 0.6 is 0 Å². The molecule has 0 saturated heterocycles. The number of nitrogens with zero attached hydrogens (tertiary/aromatic N) is 8. The summed E-state index contributed by atoms with van der Waals surface area (Å²) in [5.41, 5.74) is 20.2. The van der Waals surface area contributed by atoms with E-state index in [1.54, 1.807) is 0 Å². The molecular weight excluding hydrogens is 1200 g/mol. The second-order valence-electron chi connectivity index (χ2n) is 25.2. The van der Waals surface area contributed by atoms with Gasteiger partial charge in [0, 0.05) is 97.9 Å². The van der Waals surface area contributed by atoms with Crippen molar-refractivity contribution in [3.05, 3.63) is 315 Å². The first-order chi connectivity index (χ1) is 48.6. The lowest BCUT2D eigenvalue weighted by Crippen LogP contribution is -2.03. The summed E-state index contributed by atoms with van der Waals surface area (Å²) >= 11 is 0. The van der Waals surface area contributed by atoms with Gasteiger partial charge >= 0.3 is 0 Å². The van der Waals surface area contributed by atoms with E-state index in [0.29, 0.717) is 11.9 Å². The first-order valence-corrected chi connectivity index (χ1v) is 33.0. The summed E-state index contributed by atoms with van der Waals surface area (Å²) in [5, 5.41) is 15.9. The fourth-order valence-corrected chi connectivity index (χ4v) is 15.7. The van der Waals surface area contributed by atoms with Gasteiger partial charge in [-0.3, -0.25) is 9.13 Å². The molecule has 0 aliphatic heterocycles. The predicted octanol–water partition coefficient (Wildman–Crippen LogP) is 22.8. The summed E-state index contributed by atoms with van der Waals surface area (Å²) in [6.07, 6.45) is 0. The van der Waals surface area contributed by atoms with E-state index >= 15 is 0 Å². The third kappa shape index (κ3) is 7.97. The molecule has 0 aliphatic carbocycles. The maximum absolute atomic E-state index is 6.43. The molecule has 14 aromatic carbocycles. The lowest BCUT2D eigenvalue weighted by Gasteiger charge is -2.12. The van der Waals surface area contributed by atoms with Gasteiger partial charge in [0.05, 0.1) is 66.6 Å². The zero-order valence-electron chi connectivity index (χ0n) is 52.4. The van der Waals surface area contributed by atoms with Crippen LogP contribution in [-0.4, -0.2) is 38.2 Å². The highest BCUT2D eigenvalue weighted by atomic mass is 16.3. The fraction of sp³-hybridized carbons (Fsp3) is 0. The quantitative estimate of drug-likeness (QED) is 0.165. The molecular formula is C88H52N8O2. The van der Waals surface area contributed by atoms with Gasteiger partial charge in [0.25, 0.3) is 0 Å². The van der Waals surface area contributed by atoms with E-state index in [0.717, 1.165) is 160 Å². The number of fused-ring (bicyclic) bond motifs is 22. The van der Waals surface area contributed by atoms with E-state index < -0.39 is 0 Å². The lowest BCUT2D eigenvalue weighted by atomic mass is 10.0. The molecule has 0 radical (unpaired) electrons. The van der Waals surface area contributed by atoms with Gasteiger partial charge in [-0.05, 0) is 109 Å². The Morgan fingerprint density at radius 1 is 0.204 bits per heavy atom. The molecule has 10 heteroatoms. The molecule has 8 aromatic heterocycles. The number of rotatable bonds is 6. The summed E-state index contributed by atoms with van der Waals surface area (Å²) in [5.74, 6) is 1.28. The van der Waals surface area contributed by atoms with Crippen molar-refractivity contribution >= 4 is 153 Å². The van der Waals surface area contributed by atoms with E-state index in [1.807, 2.05) is 42.5 Å². The van der Waals surface area contributed by atoms with Gasteiger partial charge in [-0.2, -0.15) is 0 Å². The molecule has 8 heterocycles. The Bertz CT molecular complexity index is 7040. The number of benzene rings is 14. The van der Waals surface area contributed by atoms with Crippen LogP contribution in [0.2, 0.25) is 0 Å². The van der Waals surface area contributed by atoms with Crippen molar-refractivity contribution in [1.29, 1.82) is 0 Å². The van der Waals surface area contributed by atoms with E-state index in [9.17, 15) is 0 Å². The Morgan fingerprint density at radius 3 is 1.04 bits per heavy atom. The molecule has 0 atom stereocenters. The van der Waals surface area contributed by atoms with Gasteiger partial charge in [-0.1, -0.05) is 206 Å². The smallest absolute Gasteiger partial charge is 0.235 e. The van der Waals surface area contributed by atoms with Crippen LogP contribution in [0.3, 0.4) is 0 Å². The number of aromatic nitrogens is 8. The SMILES string of the molecule is c1ccc(-c2nc(-n3c4cc5c(cc4c4c6c(ccc43)oc3ccccc36)c3ccccc3n5-c3ccccc3)nc3ccccc23)cc1.c1ccc(-c2nc(-n3c4ccccc4c4cc5c6c7c(ccc6n(-c6ccccc6)c5cc43)oc3ccccc37)nc3ccccc23)cc1. The summed E-state index contributed by atoms with van der Waals surface area (Å²) in [6.45, 7) is 0. The van der Waals surface area contributed by atoms with Crippen LogP contribution < -0.4 is 0 Å². The molecule has 0 unspecified atom stereocenters. The van der Waals surface area contributed by atoms with Gasteiger partial charge in [0.2, 0.25) is 11.9 Å². The van der Waals surface area contributed by atoms with E-state index in [2.05, 4.69) is 291 Å². The second-order valence-corrected chi connectivity index (χ2v) is 25.2. The van der Waals surface area contributed by atoms with Crippen molar-refractivity contribution in [1.82, 2.24) is 38.2 Å². The first kappa shape index (κ1) is 54.0. The highest BCUT2D eigenvalue weighted by Gasteiger charge is 2.27. The van der Waals surface area contributed by atoms with Crippen molar-refractivity contribution in [2.24, 2.45) is 0 Å². The predicted molar refractivity (Wildman–Crippen MR) is 402 cm³/mol. The average molecular weight is 1250 g/mol. The molecule has 10 nitrogen and oxygen atoms in total. The van der Waals surface area contributed by atoms with Crippen LogP contribution in [0.4, 0.5) is 0 Å². The Balaban J connectivity index is 0.000000129. The van der Waals surface area contributed by atoms with Crippen molar-refractivity contribution < 1.29 is 8.83 Å². The van der Waals surface area contributed by atoms with Crippen LogP contribution in [0, 0.1) is 0 Å². The zero-order valence-corrected chi connectivity index (χ0v) is 52.4. The number of hydrogen-bond donors (Lipinski definition) is 0. The molecule has 98 heavy (non-hydrogen) atoms. The molecule has 0 fully saturated rings. The van der Waals surface area contributed by atoms with Gasteiger partial charge in [0.15, 0.2) is 0 Å². The minimum Gasteiger partial charge on any atom is -0.456 e. The highest BCUT2D eigenvalue weighted by molar-refractivity contribution is 6.31. The molecule has 0 N–H and O–H groups in total. The zero-order chi connectivity index (χ0) is 64.1. The normalized spacial score (nSPS) is 12.1. The Morgan fingerprint density at radius 2 is 0.551 bits per heavy atom. The molecule has 22 aromatic rings. The summed E-state index contributed by atoms with van der Waals surface area (Å²) in [7, 11) is 0. The van der Waals surface area contributed by atoms with Gasteiger partial charge < -0.3 is 18.0 Å². The van der Waals surface area contributed by atoms with Crippen molar-refractivity contribution in [3.63, 3.8) is 0 Å². The molecule has 22 rings (SSSR count). The summed E-state index contributed by atoms with van der Waals surface area (Å²) in [4.78, 5) is 21.2. The average Bonchev–Trinajstić information content (AvgIpc) is 1.55. The van der Waals surface area contributed by atoms with Gasteiger partial charge in [0.1, 0.15) is 22.3 Å². The molecule has 0 bridgehead atoms. The topological polar surface area (TPSA) is 97.6 Å². The van der Waals surface area contributed by atoms with Crippen LogP contribution in [0.5, 0.6) is 0 Å². The van der Waals surface area contributed by atoms with Crippen LogP contribution in [0.15, 0.2) is 324 Å². The Kier molecular flexibility index (Phi) is 11.6. The third-order valence-electron chi connectivity index (χ3n) is 19.8. The molecule has 0 spiro atoms.